The second-order valence-electron chi connectivity index (χ2n) is 5.88. The van der Waals surface area contributed by atoms with E-state index in [2.05, 4.69) is 15.5 Å². The van der Waals surface area contributed by atoms with Crippen molar-refractivity contribution in [1.29, 1.82) is 0 Å². The molecule has 2 unspecified atom stereocenters. The van der Waals surface area contributed by atoms with Crippen LogP contribution in [0.4, 0.5) is 5.13 Å². The Hall–Kier alpha value is -0.680. The number of hydrogen-bond donors (Lipinski definition) is 2. The lowest BCUT2D eigenvalue weighted by atomic mass is 9.87. The summed E-state index contributed by atoms with van der Waals surface area (Å²) in [5.41, 5.74) is 0. The SMILES string of the molecule is OC1CCCCC1c1nnc(NC2CCCCC2)s1. The Balaban J connectivity index is 1.61. The van der Waals surface area contributed by atoms with Gasteiger partial charge in [-0.1, -0.05) is 43.4 Å². The number of nitrogens with one attached hydrogen (secondary N) is 1. The smallest absolute Gasteiger partial charge is 0.205 e. The summed E-state index contributed by atoms with van der Waals surface area (Å²) >= 11 is 1.64. The van der Waals surface area contributed by atoms with Crippen LogP contribution in [0.2, 0.25) is 0 Å². The molecule has 0 aliphatic heterocycles. The summed E-state index contributed by atoms with van der Waals surface area (Å²) in [5, 5.41) is 24.1. The monoisotopic (exact) mass is 281 g/mol. The van der Waals surface area contributed by atoms with Gasteiger partial charge in [-0.15, -0.1) is 10.2 Å². The van der Waals surface area contributed by atoms with E-state index < -0.39 is 0 Å². The van der Waals surface area contributed by atoms with E-state index in [4.69, 9.17) is 0 Å². The first-order valence-electron chi connectivity index (χ1n) is 7.61. The van der Waals surface area contributed by atoms with Crippen molar-refractivity contribution in [2.24, 2.45) is 0 Å². The average Bonchev–Trinajstić information content (AvgIpc) is 2.89. The lowest BCUT2D eigenvalue weighted by Gasteiger charge is -2.25. The third-order valence-electron chi connectivity index (χ3n) is 4.42. The molecular weight excluding hydrogens is 258 g/mol. The zero-order valence-corrected chi connectivity index (χ0v) is 12.2. The van der Waals surface area contributed by atoms with Gasteiger partial charge in [0.05, 0.1) is 6.10 Å². The van der Waals surface area contributed by atoms with Gasteiger partial charge in [-0.05, 0) is 25.7 Å². The molecule has 19 heavy (non-hydrogen) atoms. The van der Waals surface area contributed by atoms with Crippen LogP contribution in [-0.4, -0.2) is 27.4 Å². The van der Waals surface area contributed by atoms with Gasteiger partial charge < -0.3 is 10.4 Å². The lowest BCUT2D eigenvalue weighted by molar-refractivity contribution is 0.106. The summed E-state index contributed by atoms with van der Waals surface area (Å²) < 4.78 is 0. The van der Waals surface area contributed by atoms with E-state index in [0.29, 0.717) is 6.04 Å². The van der Waals surface area contributed by atoms with E-state index in [1.54, 1.807) is 11.3 Å². The Morgan fingerprint density at radius 3 is 2.47 bits per heavy atom. The highest BCUT2D eigenvalue weighted by Crippen LogP contribution is 2.36. The van der Waals surface area contributed by atoms with Gasteiger partial charge in [-0.3, -0.25) is 0 Å². The molecule has 1 aromatic heterocycles. The highest BCUT2D eigenvalue weighted by Gasteiger charge is 2.28. The van der Waals surface area contributed by atoms with Crippen molar-refractivity contribution in [3.63, 3.8) is 0 Å². The van der Waals surface area contributed by atoms with Gasteiger partial charge >= 0.3 is 0 Å². The van der Waals surface area contributed by atoms with Crippen molar-refractivity contribution in [2.75, 3.05) is 5.32 Å². The molecule has 0 aromatic carbocycles. The summed E-state index contributed by atoms with van der Waals surface area (Å²) in [6.07, 6.45) is 10.6. The maximum absolute atomic E-state index is 10.1. The van der Waals surface area contributed by atoms with Gasteiger partial charge in [-0.25, -0.2) is 0 Å². The first kappa shape index (κ1) is 13.3. The maximum Gasteiger partial charge on any atom is 0.205 e. The average molecular weight is 281 g/mol. The molecule has 2 saturated carbocycles. The molecule has 0 bridgehead atoms. The molecule has 2 aliphatic carbocycles. The number of aromatic nitrogens is 2. The van der Waals surface area contributed by atoms with E-state index in [0.717, 1.165) is 29.4 Å². The van der Waals surface area contributed by atoms with Gasteiger partial charge in [-0.2, -0.15) is 0 Å². The van der Waals surface area contributed by atoms with Crippen molar-refractivity contribution >= 4 is 16.5 Å². The van der Waals surface area contributed by atoms with Gasteiger partial charge in [0, 0.05) is 12.0 Å². The quantitative estimate of drug-likeness (QED) is 0.892. The predicted molar refractivity (Wildman–Crippen MR) is 77.6 cm³/mol. The molecular formula is C14H23N3OS. The van der Waals surface area contributed by atoms with Crippen molar-refractivity contribution in [3.8, 4) is 0 Å². The van der Waals surface area contributed by atoms with Crippen molar-refractivity contribution in [3.05, 3.63) is 5.01 Å². The maximum atomic E-state index is 10.1. The molecule has 0 spiro atoms. The summed E-state index contributed by atoms with van der Waals surface area (Å²) in [6.45, 7) is 0. The normalized spacial score (nSPS) is 29.3. The van der Waals surface area contributed by atoms with E-state index in [-0.39, 0.29) is 12.0 Å². The minimum atomic E-state index is -0.218. The number of hydrogen-bond acceptors (Lipinski definition) is 5. The minimum absolute atomic E-state index is 0.216. The van der Waals surface area contributed by atoms with Crippen LogP contribution < -0.4 is 5.32 Å². The molecule has 1 aromatic rings. The van der Waals surface area contributed by atoms with Crippen molar-refractivity contribution in [2.45, 2.75) is 75.9 Å². The first-order valence-corrected chi connectivity index (χ1v) is 8.42. The molecule has 106 valence electrons. The Labute approximate surface area is 118 Å². The Bertz CT molecular complexity index is 403. The summed E-state index contributed by atoms with van der Waals surface area (Å²) in [6, 6.07) is 0.575. The van der Waals surface area contributed by atoms with Crippen LogP contribution in [0, 0.1) is 0 Å². The first-order chi connectivity index (χ1) is 9.33. The third kappa shape index (κ3) is 3.26. The number of rotatable bonds is 3. The van der Waals surface area contributed by atoms with Gasteiger partial charge in [0.25, 0.3) is 0 Å². The second-order valence-corrected chi connectivity index (χ2v) is 6.89. The van der Waals surface area contributed by atoms with Gasteiger partial charge in [0.2, 0.25) is 5.13 Å². The minimum Gasteiger partial charge on any atom is -0.392 e. The van der Waals surface area contributed by atoms with Crippen LogP contribution in [0.5, 0.6) is 0 Å². The third-order valence-corrected chi connectivity index (χ3v) is 5.41. The predicted octanol–water partition coefficient (Wildman–Crippen LogP) is 3.30. The summed E-state index contributed by atoms with van der Waals surface area (Å²) in [5.74, 6) is 0.216. The van der Waals surface area contributed by atoms with Gasteiger partial charge in [0.1, 0.15) is 5.01 Å². The number of anilines is 1. The fourth-order valence-corrected chi connectivity index (χ4v) is 4.28. The Morgan fingerprint density at radius 2 is 1.68 bits per heavy atom. The second kappa shape index (κ2) is 6.18. The molecule has 0 saturated heterocycles. The number of aliphatic hydroxyl groups is 1. The van der Waals surface area contributed by atoms with Crippen LogP contribution in [0.3, 0.4) is 0 Å². The zero-order valence-electron chi connectivity index (χ0n) is 11.3. The standard InChI is InChI=1S/C14H23N3OS/c18-12-9-5-4-8-11(12)13-16-17-14(19-13)15-10-6-2-1-3-7-10/h10-12,18H,1-9H2,(H,15,17). The van der Waals surface area contributed by atoms with Gasteiger partial charge in [0.15, 0.2) is 0 Å². The lowest BCUT2D eigenvalue weighted by Crippen LogP contribution is -2.22. The summed E-state index contributed by atoms with van der Waals surface area (Å²) in [7, 11) is 0. The Morgan fingerprint density at radius 1 is 0.947 bits per heavy atom. The highest BCUT2D eigenvalue weighted by molar-refractivity contribution is 7.15. The number of nitrogens with zero attached hydrogens (tertiary/aromatic N) is 2. The van der Waals surface area contributed by atoms with Crippen LogP contribution in [0.15, 0.2) is 0 Å². The number of aliphatic hydroxyl groups excluding tert-OH is 1. The highest BCUT2D eigenvalue weighted by atomic mass is 32.1. The van der Waals surface area contributed by atoms with Crippen LogP contribution in [-0.2, 0) is 0 Å². The zero-order chi connectivity index (χ0) is 13.1. The van der Waals surface area contributed by atoms with E-state index in [1.807, 2.05) is 0 Å². The Kier molecular flexibility index (Phi) is 4.33. The summed E-state index contributed by atoms with van der Waals surface area (Å²) in [4.78, 5) is 0. The molecule has 4 nitrogen and oxygen atoms in total. The van der Waals surface area contributed by atoms with Crippen LogP contribution in [0.25, 0.3) is 0 Å². The molecule has 2 fully saturated rings. The van der Waals surface area contributed by atoms with Crippen LogP contribution >= 0.6 is 11.3 Å². The van der Waals surface area contributed by atoms with E-state index in [1.165, 1.54) is 38.5 Å². The van der Waals surface area contributed by atoms with Crippen molar-refractivity contribution in [1.82, 2.24) is 10.2 Å². The molecule has 2 N–H and O–H groups in total. The van der Waals surface area contributed by atoms with E-state index in [9.17, 15) is 5.11 Å². The fraction of sp³-hybridized carbons (Fsp3) is 0.857. The molecule has 2 atom stereocenters. The van der Waals surface area contributed by atoms with Crippen LogP contribution in [0.1, 0.15) is 68.7 Å². The molecule has 2 aliphatic rings. The fourth-order valence-electron chi connectivity index (χ4n) is 3.26. The molecule has 3 rings (SSSR count). The molecule has 0 radical (unpaired) electrons. The molecule has 1 heterocycles. The largest absolute Gasteiger partial charge is 0.392 e. The van der Waals surface area contributed by atoms with E-state index >= 15 is 0 Å². The molecule has 5 heteroatoms. The molecule has 0 amide bonds. The van der Waals surface area contributed by atoms with Crippen molar-refractivity contribution < 1.29 is 5.11 Å². The topological polar surface area (TPSA) is 58.0 Å².